The smallest absolute Gasteiger partial charge is 0.242 e. The van der Waals surface area contributed by atoms with Crippen molar-refractivity contribution in [1.82, 2.24) is 4.90 Å². The minimum atomic E-state index is -0.127. The Bertz CT molecular complexity index is 517. The Labute approximate surface area is 135 Å². The van der Waals surface area contributed by atoms with Crippen molar-refractivity contribution in [2.24, 2.45) is 0 Å². The molecule has 4 nitrogen and oxygen atoms in total. The van der Waals surface area contributed by atoms with Gasteiger partial charge in [-0.1, -0.05) is 29.3 Å². The molecule has 0 aliphatic rings. The molecule has 0 radical (unpaired) electrons. The summed E-state index contributed by atoms with van der Waals surface area (Å²) in [5, 5.41) is 0. The molecule has 0 N–H and O–H groups in total. The number of nitrogens with zero attached hydrogens (tertiary/aromatic N) is 2. The van der Waals surface area contributed by atoms with Gasteiger partial charge in [0.2, 0.25) is 11.8 Å². The van der Waals surface area contributed by atoms with Gasteiger partial charge in [-0.05, 0) is 37.1 Å². The summed E-state index contributed by atoms with van der Waals surface area (Å²) >= 11 is 3.41. The van der Waals surface area contributed by atoms with Gasteiger partial charge in [0.15, 0.2) is 0 Å². The molecule has 0 aliphatic heterocycles. The molecule has 1 rings (SSSR count). The average molecular weight is 355 g/mol. The van der Waals surface area contributed by atoms with Crippen LogP contribution < -0.4 is 4.90 Å². The number of anilines is 1. The van der Waals surface area contributed by atoms with Crippen LogP contribution in [0.1, 0.15) is 32.3 Å². The van der Waals surface area contributed by atoms with Gasteiger partial charge in [-0.25, -0.2) is 0 Å². The normalized spacial score (nSPS) is 10.3. The van der Waals surface area contributed by atoms with Gasteiger partial charge in [-0.2, -0.15) is 0 Å². The summed E-state index contributed by atoms with van der Waals surface area (Å²) in [6.07, 6.45) is 2.01. The highest BCUT2D eigenvalue weighted by Crippen LogP contribution is 2.24. The van der Waals surface area contributed by atoms with E-state index in [0.29, 0.717) is 0 Å². The Balaban J connectivity index is 2.88. The summed E-state index contributed by atoms with van der Waals surface area (Å²) in [6.45, 7) is 6.31. The molecule has 21 heavy (non-hydrogen) atoms. The maximum atomic E-state index is 12.2. The number of benzene rings is 1. The fourth-order valence-electron chi connectivity index (χ4n) is 2.06. The molecule has 0 unspecified atom stereocenters. The maximum absolute atomic E-state index is 12.2. The van der Waals surface area contributed by atoms with Gasteiger partial charge >= 0.3 is 0 Å². The monoisotopic (exact) mass is 354 g/mol. The number of hydrogen-bond donors (Lipinski definition) is 0. The van der Waals surface area contributed by atoms with Crippen LogP contribution in [0.3, 0.4) is 0 Å². The molecular formula is C16H23BrN2O2. The molecule has 0 aliphatic carbocycles. The van der Waals surface area contributed by atoms with Gasteiger partial charge in [0.05, 0.1) is 0 Å². The van der Waals surface area contributed by atoms with E-state index in [1.807, 2.05) is 25.1 Å². The Morgan fingerprint density at radius 2 is 1.95 bits per heavy atom. The third-order valence-electron chi connectivity index (χ3n) is 3.40. The molecule has 1 aromatic rings. The van der Waals surface area contributed by atoms with Gasteiger partial charge in [-0.3, -0.25) is 9.59 Å². The van der Waals surface area contributed by atoms with E-state index in [1.54, 1.807) is 11.9 Å². The van der Waals surface area contributed by atoms with Gasteiger partial charge in [0.1, 0.15) is 6.54 Å². The molecule has 0 saturated heterocycles. The number of rotatable bonds is 6. The standard InChI is InChI=1S/C16H23BrN2O2/c1-5-6-9-18(4)16(21)11-19(13(3)20)15-8-7-14(17)10-12(15)2/h7-8,10H,5-6,9,11H2,1-4H3. The predicted molar refractivity (Wildman–Crippen MR) is 89.5 cm³/mol. The number of aryl methyl sites for hydroxylation is 1. The second kappa shape index (κ2) is 8.17. The Morgan fingerprint density at radius 3 is 2.48 bits per heavy atom. The second-order valence-electron chi connectivity index (χ2n) is 5.20. The number of amides is 2. The summed E-state index contributed by atoms with van der Waals surface area (Å²) in [6, 6.07) is 5.68. The molecular weight excluding hydrogens is 332 g/mol. The summed E-state index contributed by atoms with van der Waals surface area (Å²) < 4.78 is 0.957. The zero-order valence-electron chi connectivity index (χ0n) is 13.1. The zero-order valence-corrected chi connectivity index (χ0v) is 14.7. The van der Waals surface area contributed by atoms with Crippen molar-refractivity contribution in [3.05, 3.63) is 28.2 Å². The fraction of sp³-hybridized carbons (Fsp3) is 0.500. The second-order valence-corrected chi connectivity index (χ2v) is 6.12. The van der Waals surface area contributed by atoms with E-state index in [-0.39, 0.29) is 18.4 Å². The van der Waals surface area contributed by atoms with Gasteiger partial charge in [0, 0.05) is 30.7 Å². The van der Waals surface area contributed by atoms with Gasteiger partial charge in [0.25, 0.3) is 0 Å². The number of halogens is 1. The Hall–Kier alpha value is -1.36. The summed E-state index contributed by atoms with van der Waals surface area (Å²) in [4.78, 5) is 27.4. The predicted octanol–water partition coefficient (Wildman–Crippen LogP) is 3.37. The van der Waals surface area contributed by atoms with Crippen molar-refractivity contribution in [1.29, 1.82) is 0 Å². The third-order valence-corrected chi connectivity index (χ3v) is 3.89. The van der Waals surface area contributed by atoms with E-state index in [0.717, 1.165) is 35.1 Å². The van der Waals surface area contributed by atoms with Crippen molar-refractivity contribution >= 4 is 33.4 Å². The number of unbranched alkanes of at least 4 members (excludes halogenated alkanes) is 1. The van der Waals surface area contributed by atoms with Crippen LogP contribution in [0.5, 0.6) is 0 Å². The van der Waals surface area contributed by atoms with E-state index in [4.69, 9.17) is 0 Å². The summed E-state index contributed by atoms with van der Waals surface area (Å²) in [5.41, 5.74) is 1.74. The molecule has 0 atom stereocenters. The summed E-state index contributed by atoms with van der Waals surface area (Å²) in [5.74, 6) is -0.168. The van der Waals surface area contributed by atoms with Crippen LogP contribution in [-0.4, -0.2) is 36.9 Å². The molecule has 0 fully saturated rings. The highest BCUT2D eigenvalue weighted by atomic mass is 79.9. The highest BCUT2D eigenvalue weighted by molar-refractivity contribution is 9.10. The quantitative estimate of drug-likeness (QED) is 0.785. The van der Waals surface area contributed by atoms with Crippen molar-refractivity contribution in [2.45, 2.75) is 33.6 Å². The lowest BCUT2D eigenvalue weighted by molar-refractivity contribution is -0.130. The Kier molecular flexibility index (Phi) is 6.89. The van der Waals surface area contributed by atoms with E-state index in [1.165, 1.54) is 11.8 Å². The van der Waals surface area contributed by atoms with Gasteiger partial charge < -0.3 is 9.80 Å². The van der Waals surface area contributed by atoms with Crippen molar-refractivity contribution in [2.75, 3.05) is 25.0 Å². The van der Waals surface area contributed by atoms with Gasteiger partial charge in [-0.15, -0.1) is 0 Å². The first-order chi connectivity index (χ1) is 9.86. The molecule has 0 bridgehead atoms. The van der Waals surface area contributed by atoms with E-state index < -0.39 is 0 Å². The molecule has 116 valence electrons. The molecule has 1 aromatic carbocycles. The lowest BCUT2D eigenvalue weighted by Gasteiger charge is -2.25. The van der Waals surface area contributed by atoms with Crippen molar-refractivity contribution in [3.63, 3.8) is 0 Å². The average Bonchev–Trinajstić information content (AvgIpc) is 2.42. The minimum Gasteiger partial charge on any atom is -0.344 e. The molecule has 2 amide bonds. The number of likely N-dealkylation sites (N-methyl/N-ethyl adjacent to an activating group) is 1. The van der Waals surface area contributed by atoms with Crippen LogP contribution in [0, 0.1) is 6.92 Å². The Morgan fingerprint density at radius 1 is 1.29 bits per heavy atom. The highest BCUT2D eigenvalue weighted by Gasteiger charge is 2.19. The van der Waals surface area contributed by atoms with Crippen LogP contribution in [0.15, 0.2) is 22.7 Å². The SMILES string of the molecule is CCCCN(C)C(=O)CN(C(C)=O)c1ccc(Br)cc1C. The first-order valence-corrected chi connectivity index (χ1v) is 7.94. The molecule has 5 heteroatoms. The fourth-order valence-corrected chi connectivity index (χ4v) is 2.54. The molecule has 0 aromatic heterocycles. The van der Waals surface area contributed by atoms with Crippen LogP contribution in [0.4, 0.5) is 5.69 Å². The third kappa shape index (κ3) is 5.16. The van der Waals surface area contributed by atoms with Crippen LogP contribution in [-0.2, 0) is 9.59 Å². The van der Waals surface area contributed by atoms with E-state index in [9.17, 15) is 9.59 Å². The lowest BCUT2D eigenvalue weighted by atomic mass is 10.1. The molecule has 0 spiro atoms. The van der Waals surface area contributed by atoms with E-state index in [2.05, 4.69) is 22.9 Å². The molecule has 0 heterocycles. The lowest BCUT2D eigenvalue weighted by Crippen LogP contribution is -2.41. The number of carbonyl (C=O) groups excluding carboxylic acids is 2. The zero-order chi connectivity index (χ0) is 16.0. The number of carbonyl (C=O) groups is 2. The number of hydrogen-bond acceptors (Lipinski definition) is 2. The first-order valence-electron chi connectivity index (χ1n) is 7.15. The van der Waals surface area contributed by atoms with Crippen LogP contribution in [0.2, 0.25) is 0 Å². The molecule has 0 saturated carbocycles. The first kappa shape index (κ1) is 17.7. The van der Waals surface area contributed by atoms with Crippen LogP contribution in [0.25, 0.3) is 0 Å². The van der Waals surface area contributed by atoms with E-state index >= 15 is 0 Å². The largest absolute Gasteiger partial charge is 0.344 e. The van der Waals surface area contributed by atoms with Crippen molar-refractivity contribution in [3.8, 4) is 0 Å². The minimum absolute atomic E-state index is 0.0408. The topological polar surface area (TPSA) is 40.6 Å². The van der Waals surface area contributed by atoms with Crippen LogP contribution >= 0.6 is 15.9 Å². The maximum Gasteiger partial charge on any atom is 0.242 e. The summed E-state index contributed by atoms with van der Waals surface area (Å²) in [7, 11) is 1.78. The van der Waals surface area contributed by atoms with Crippen molar-refractivity contribution < 1.29 is 9.59 Å².